The maximum Gasteiger partial charge on any atom is 0.410 e. The van der Waals surface area contributed by atoms with E-state index in [2.05, 4.69) is 26.6 Å². The third-order valence-corrected chi connectivity index (χ3v) is 9.66. The third-order valence-electron chi connectivity index (χ3n) is 8.87. The van der Waals surface area contributed by atoms with Crippen LogP contribution in [0.5, 0.6) is 5.88 Å². The minimum Gasteiger partial charge on any atom is -0.481 e. The van der Waals surface area contributed by atoms with Gasteiger partial charge in [0.2, 0.25) is 11.8 Å². The van der Waals surface area contributed by atoms with Crippen LogP contribution >= 0.6 is 23.2 Å². The lowest BCUT2D eigenvalue weighted by molar-refractivity contribution is -0.119. The second-order valence-electron chi connectivity index (χ2n) is 13.7. The van der Waals surface area contributed by atoms with E-state index >= 15 is 0 Å². The highest BCUT2D eigenvalue weighted by molar-refractivity contribution is 6.39. The zero-order valence-electron chi connectivity index (χ0n) is 29.0. The fraction of sp³-hybridized carbons (Fsp3) is 0.368. The van der Waals surface area contributed by atoms with Gasteiger partial charge in [0, 0.05) is 85.4 Å². The van der Waals surface area contributed by atoms with Crippen LogP contribution in [0.4, 0.5) is 10.5 Å². The number of ether oxygens (including phenoxy) is 2. The normalized spacial score (nSPS) is 16.1. The van der Waals surface area contributed by atoms with Gasteiger partial charge in [-0.15, -0.1) is 0 Å². The van der Waals surface area contributed by atoms with Crippen LogP contribution in [0.15, 0.2) is 60.8 Å². The number of carbonyl (C=O) groups is 2. The van der Waals surface area contributed by atoms with Crippen LogP contribution in [-0.4, -0.2) is 72.3 Å². The van der Waals surface area contributed by atoms with E-state index in [0.29, 0.717) is 66.5 Å². The summed E-state index contributed by atoms with van der Waals surface area (Å²) in [5, 5.41) is 7.35. The fourth-order valence-electron chi connectivity index (χ4n) is 6.29. The number of methoxy groups -OCH3 is 1. The van der Waals surface area contributed by atoms with Crippen molar-refractivity contribution in [1.82, 2.24) is 25.5 Å². The topological polar surface area (TPSA) is 109 Å². The molecular formula is C38H42Cl2N6O4. The molecule has 4 heterocycles. The first-order valence-corrected chi connectivity index (χ1v) is 17.5. The van der Waals surface area contributed by atoms with Crippen LogP contribution in [0.3, 0.4) is 0 Å². The summed E-state index contributed by atoms with van der Waals surface area (Å²) in [5.74, 6) is 0.596. The van der Waals surface area contributed by atoms with Crippen molar-refractivity contribution in [3.8, 4) is 39.5 Å². The van der Waals surface area contributed by atoms with Crippen LogP contribution in [0.2, 0.25) is 10.0 Å². The van der Waals surface area contributed by atoms with Crippen molar-refractivity contribution in [3.63, 3.8) is 0 Å². The van der Waals surface area contributed by atoms with E-state index in [1.807, 2.05) is 76.3 Å². The lowest BCUT2D eigenvalue weighted by atomic mass is 9.98. The zero-order chi connectivity index (χ0) is 35.6. The molecule has 6 rings (SSSR count). The molecule has 2 aromatic carbocycles. The predicted molar refractivity (Wildman–Crippen MR) is 198 cm³/mol. The van der Waals surface area contributed by atoms with E-state index in [-0.39, 0.29) is 18.0 Å². The second-order valence-corrected chi connectivity index (χ2v) is 14.4. The van der Waals surface area contributed by atoms with Crippen molar-refractivity contribution in [1.29, 1.82) is 0 Å². The summed E-state index contributed by atoms with van der Waals surface area (Å²) in [7, 11) is 3.61. The quantitative estimate of drug-likeness (QED) is 0.195. The van der Waals surface area contributed by atoms with Gasteiger partial charge in [-0.25, -0.2) is 9.78 Å². The first-order chi connectivity index (χ1) is 23.9. The number of pyridine rings is 2. The van der Waals surface area contributed by atoms with Gasteiger partial charge in [0.1, 0.15) is 5.60 Å². The maximum atomic E-state index is 12.9. The van der Waals surface area contributed by atoms with Gasteiger partial charge >= 0.3 is 6.09 Å². The smallest absolute Gasteiger partial charge is 0.410 e. The Morgan fingerprint density at radius 1 is 1.04 bits per heavy atom. The number of nitrogens with zero attached hydrogens (tertiary/aromatic N) is 4. The van der Waals surface area contributed by atoms with Gasteiger partial charge in [-0.3, -0.25) is 9.78 Å². The van der Waals surface area contributed by atoms with Crippen LogP contribution in [0, 0.1) is 0 Å². The number of anilines is 1. The molecule has 2 N–H and O–H groups in total. The first kappa shape index (κ1) is 35.4. The lowest BCUT2D eigenvalue weighted by Crippen LogP contribution is -2.38. The maximum absolute atomic E-state index is 12.9. The molecule has 1 fully saturated rings. The van der Waals surface area contributed by atoms with Gasteiger partial charge < -0.3 is 29.9 Å². The number of benzene rings is 2. The third kappa shape index (κ3) is 7.83. The van der Waals surface area contributed by atoms with Crippen LogP contribution in [-0.2, 0) is 22.6 Å². The van der Waals surface area contributed by atoms with E-state index in [9.17, 15) is 9.59 Å². The molecule has 2 amide bonds. The summed E-state index contributed by atoms with van der Waals surface area (Å²) < 4.78 is 11.3. The number of hydrogen-bond donors (Lipinski definition) is 2. The summed E-state index contributed by atoms with van der Waals surface area (Å²) in [5.41, 5.74) is 6.73. The average Bonchev–Trinajstić information content (AvgIpc) is 3.42. The summed E-state index contributed by atoms with van der Waals surface area (Å²) in [6.45, 7) is 8.47. The van der Waals surface area contributed by atoms with Crippen LogP contribution in [0.1, 0.15) is 44.7 Å². The number of rotatable bonds is 8. The standard InChI is InChI=1S/C38H42Cl2N6O4/c1-38(2,3)50-37(48)46-18-17-45(4)31-19-23(9-10-25(31)22-46)35-34(40)28(15-16-42-35)27-7-6-8-29(33(27)39)30-13-11-24(36(44-30)49-5)20-41-21-26-12-14-32(47)43-26/h6-11,13,15-16,19,26,41H,12,14,17-18,20-22H2,1-5H3,(H,43,47)/t26-/m0/s1. The Hall–Kier alpha value is -4.38. The predicted octanol–water partition coefficient (Wildman–Crippen LogP) is 7.35. The molecule has 10 nitrogen and oxygen atoms in total. The summed E-state index contributed by atoms with van der Waals surface area (Å²) >= 11 is 14.2. The molecule has 1 saturated heterocycles. The van der Waals surface area contributed by atoms with Crippen LogP contribution in [0.25, 0.3) is 33.6 Å². The molecule has 1 atom stereocenters. The Bertz CT molecular complexity index is 1910. The highest BCUT2D eigenvalue weighted by atomic mass is 35.5. The fourth-order valence-corrected chi connectivity index (χ4v) is 6.94. The average molecular weight is 718 g/mol. The number of fused-ring (bicyclic) bond motifs is 1. The Morgan fingerprint density at radius 3 is 2.56 bits per heavy atom. The Balaban J connectivity index is 1.25. The van der Waals surface area contributed by atoms with Crippen LogP contribution < -0.4 is 20.3 Å². The lowest BCUT2D eigenvalue weighted by Gasteiger charge is -2.26. The van der Waals surface area contributed by atoms with Crippen molar-refractivity contribution in [2.75, 3.05) is 38.7 Å². The van der Waals surface area contributed by atoms with E-state index < -0.39 is 5.60 Å². The molecule has 0 unspecified atom stereocenters. The Morgan fingerprint density at radius 2 is 1.82 bits per heavy atom. The molecule has 2 aliphatic rings. The molecule has 2 aromatic heterocycles. The first-order valence-electron chi connectivity index (χ1n) is 16.7. The molecule has 0 radical (unpaired) electrons. The number of hydrogen-bond acceptors (Lipinski definition) is 8. The SMILES string of the molecule is COc1nc(-c2cccc(-c3ccnc(-c4ccc5c(c4)N(C)CCN(C(=O)OC(C)(C)C)C5)c3Cl)c2Cl)ccc1CNC[C@@H]1CCC(=O)N1. The van der Waals surface area contributed by atoms with E-state index in [1.165, 1.54) is 0 Å². The highest BCUT2D eigenvalue weighted by Gasteiger charge is 2.27. The largest absolute Gasteiger partial charge is 0.481 e. The molecule has 262 valence electrons. The monoisotopic (exact) mass is 716 g/mol. The number of halogens is 2. The van der Waals surface area contributed by atoms with Crippen molar-refractivity contribution in [2.24, 2.45) is 0 Å². The van der Waals surface area contributed by atoms with E-state index in [4.69, 9.17) is 37.7 Å². The number of amides is 2. The van der Waals surface area contributed by atoms with Gasteiger partial charge in [-0.2, -0.15) is 0 Å². The zero-order valence-corrected chi connectivity index (χ0v) is 30.5. The van der Waals surface area contributed by atoms with Gasteiger partial charge in [-0.05, 0) is 51.0 Å². The van der Waals surface area contributed by atoms with Gasteiger partial charge in [0.15, 0.2) is 0 Å². The second kappa shape index (κ2) is 14.8. The van der Waals surface area contributed by atoms with Gasteiger partial charge in [0.05, 0.1) is 35.1 Å². The minimum absolute atomic E-state index is 0.0974. The summed E-state index contributed by atoms with van der Waals surface area (Å²) in [4.78, 5) is 37.8. The summed E-state index contributed by atoms with van der Waals surface area (Å²) in [6, 6.07) is 17.8. The summed E-state index contributed by atoms with van der Waals surface area (Å²) in [6.07, 6.45) is 2.81. The Labute approximate surface area is 303 Å². The van der Waals surface area contributed by atoms with Crippen molar-refractivity contribution >= 4 is 40.9 Å². The molecule has 12 heteroatoms. The van der Waals surface area contributed by atoms with Gasteiger partial charge in [-0.1, -0.05) is 59.6 Å². The van der Waals surface area contributed by atoms with Gasteiger partial charge in [0.25, 0.3) is 0 Å². The molecule has 50 heavy (non-hydrogen) atoms. The molecule has 0 bridgehead atoms. The molecule has 0 spiro atoms. The number of aromatic nitrogens is 2. The number of likely N-dealkylation sites (N-methyl/N-ethyl adjacent to an activating group) is 1. The van der Waals surface area contributed by atoms with Crippen molar-refractivity contribution < 1.29 is 19.1 Å². The molecular weight excluding hydrogens is 675 g/mol. The van der Waals surface area contributed by atoms with E-state index in [0.717, 1.165) is 45.5 Å². The molecule has 0 aliphatic carbocycles. The van der Waals surface area contributed by atoms with Crippen molar-refractivity contribution in [3.05, 3.63) is 82.0 Å². The highest BCUT2D eigenvalue weighted by Crippen LogP contribution is 2.42. The van der Waals surface area contributed by atoms with Crippen molar-refractivity contribution in [2.45, 2.75) is 58.3 Å². The number of carbonyl (C=O) groups excluding carboxylic acids is 2. The molecule has 0 saturated carbocycles. The van der Waals surface area contributed by atoms with E-state index in [1.54, 1.807) is 18.2 Å². The molecule has 2 aliphatic heterocycles. The number of nitrogens with one attached hydrogen (secondary N) is 2. The molecule has 4 aromatic rings. The Kier molecular flexibility index (Phi) is 10.5. The minimum atomic E-state index is -0.569.